The van der Waals surface area contributed by atoms with Gasteiger partial charge < -0.3 is 19.5 Å². The zero-order chi connectivity index (χ0) is 19.4. The van der Waals surface area contributed by atoms with Gasteiger partial charge in [-0.3, -0.25) is 10.6 Å². The molecule has 0 heterocycles. The lowest BCUT2D eigenvalue weighted by molar-refractivity contribution is 0.0625. The van der Waals surface area contributed by atoms with Crippen LogP contribution in [0.4, 0.5) is 21.0 Å². The standard InChI is InChI=1S/C16H25BN2O6/c1-15(2,3)24-13(20)18-10-7-8-11(17(22)23)12(9-10)19-14(21)25-16(4,5)6/h7-9,22-23H,1-6H3,(H,18,20)(H,19,21). The molecule has 0 saturated carbocycles. The minimum absolute atomic E-state index is 0.0561. The third-order valence-corrected chi connectivity index (χ3v) is 2.61. The highest BCUT2D eigenvalue weighted by molar-refractivity contribution is 6.60. The van der Waals surface area contributed by atoms with Gasteiger partial charge >= 0.3 is 19.3 Å². The van der Waals surface area contributed by atoms with Gasteiger partial charge in [-0.05, 0) is 53.7 Å². The third kappa shape index (κ3) is 7.91. The van der Waals surface area contributed by atoms with Crippen LogP contribution in [0.25, 0.3) is 0 Å². The van der Waals surface area contributed by atoms with E-state index >= 15 is 0 Å². The second-order valence-electron chi connectivity index (χ2n) is 7.43. The Morgan fingerprint density at radius 2 is 1.40 bits per heavy atom. The van der Waals surface area contributed by atoms with Gasteiger partial charge in [-0.25, -0.2) is 9.59 Å². The van der Waals surface area contributed by atoms with E-state index in [1.165, 1.54) is 18.2 Å². The predicted octanol–water partition coefficient (Wildman–Crippen LogP) is 2.06. The molecule has 1 aromatic carbocycles. The van der Waals surface area contributed by atoms with Crippen molar-refractivity contribution in [2.75, 3.05) is 10.6 Å². The molecule has 0 atom stereocenters. The van der Waals surface area contributed by atoms with Crippen LogP contribution in [0.1, 0.15) is 41.5 Å². The highest BCUT2D eigenvalue weighted by Gasteiger charge is 2.22. The Kier molecular flexibility index (Phi) is 6.45. The number of benzene rings is 1. The van der Waals surface area contributed by atoms with E-state index in [2.05, 4.69) is 10.6 Å². The first-order chi connectivity index (χ1) is 11.3. The van der Waals surface area contributed by atoms with Gasteiger partial charge in [0.15, 0.2) is 0 Å². The van der Waals surface area contributed by atoms with Gasteiger partial charge in [-0.1, -0.05) is 6.07 Å². The van der Waals surface area contributed by atoms with E-state index in [0.29, 0.717) is 5.69 Å². The Bertz CT molecular complexity index is 634. The number of rotatable bonds is 3. The molecule has 0 spiro atoms. The average Bonchev–Trinajstić information content (AvgIpc) is 2.33. The number of carbonyl (C=O) groups excluding carboxylic acids is 2. The molecule has 25 heavy (non-hydrogen) atoms. The van der Waals surface area contributed by atoms with Gasteiger partial charge in [0.05, 0.1) is 0 Å². The Morgan fingerprint density at radius 3 is 1.84 bits per heavy atom. The first-order valence-corrected chi connectivity index (χ1v) is 7.77. The maximum atomic E-state index is 11.9. The smallest absolute Gasteiger partial charge is 0.444 e. The van der Waals surface area contributed by atoms with Crippen LogP contribution in [0.5, 0.6) is 0 Å². The van der Waals surface area contributed by atoms with Gasteiger partial charge in [-0.15, -0.1) is 0 Å². The van der Waals surface area contributed by atoms with Crippen molar-refractivity contribution in [3.63, 3.8) is 0 Å². The van der Waals surface area contributed by atoms with Gasteiger partial charge in [0.25, 0.3) is 0 Å². The number of nitrogens with one attached hydrogen (secondary N) is 2. The molecule has 0 fully saturated rings. The monoisotopic (exact) mass is 352 g/mol. The zero-order valence-electron chi connectivity index (χ0n) is 15.3. The largest absolute Gasteiger partial charge is 0.490 e. The Morgan fingerprint density at radius 1 is 0.920 bits per heavy atom. The maximum Gasteiger partial charge on any atom is 0.490 e. The SMILES string of the molecule is CC(C)(C)OC(=O)Nc1ccc(B(O)O)c(NC(=O)OC(C)(C)C)c1. The van der Waals surface area contributed by atoms with E-state index < -0.39 is 30.5 Å². The van der Waals surface area contributed by atoms with Crippen molar-refractivity contribution in [2.24, 2.45) is 0 Å². The van der Waals surface area contributed by atoms with Crippen molar-refractivity contribution in [1.29, 1.82) is 0 Å². The normalized spacial score (nSPS) is 11.5. The number of ether oxygens (including phenoxy) is 2. The van der Waals surface area contributed by atoms with Crippen molar-refractivity contribution >= 4 is 36.1 Å². The molecule has 0 aliphatic carbocycles. The van der Waals surface area contributed by atoms with Gasteiger partial charge in [0, 0.05) is 16.8 Å². The second-order valence-corrected chi connectivity index (χ2v) is 7.43. The number of carbonyl (C=O) groups is 2. The minimum atomic E-state index is -1.81. The van der Waals surface area contributed by atoms with Crippen LogP contribution in [0.2, 0.25) is 0 Å². The molecular formula is C16H25BN2O6. The lowest BCUT2D eigenvalue weighted by Crippen LogP contribution is -2.35. The van der Waals surface area contributed by atoms with Crippen LogP contribution < -0.4 is 16.1 Å². The Hall–Kier alpha value is -2.26. The first-order valence-electron chi connectivity index (χ1n) is 7.77. The highest BCUT2D eigenvalue weighted by atomic mass is 16.6. The lowest BCUT2D eigenvalue weighted by Gasteiger charge is -2.21. The van der Waals surface area contributed by atoms with Crippen LogP contribution >= 0.6 is 0 Å². The fourth-order valence-electron chi connectivity index (χ4n) is 1.80. The summed E-state index contributed by atoms with van der Waals surface area (Å²) in [5.74, 6) is 0. The molecule has 0 aromatic heterocycles. The summed E-state index contributed by atoms with van der Waals surface area (Å²) in [7, 11) is -1.81. The molecule has 0 unspecified atom stereocenters. The van der Waals surface area contributed by atoms with Gasteiger partial charge in [0.2, 0.25) is 0 Å². The lowest BCUT2D eigenvalue weighted by atomic mass is 9.79. The molecular weight excluding hydrogens is 327 g/mol. The molecule has 9 heteroatoms. The van der Waals surface area contributed by atoms with E-state index in [9.17, 15) is 19.6 Å². The fourth-order valence-corrected chi connectivity index (χ4v) is 1.80. The number of hydrogen-bond donors (Lipinski definition) is 4. The summed E-state index contributed by atoms with van der Waals surface area (Å²) in [5.41, 5.74) is -0.916. The molecule has 138 valence electrons. The molecule has 0 radical (unpaired) electrons. The summed E-state index contributed by atoms with van der Waals surface area (Å²) in [6.07, 6.45) is -1.43. The highest BCUT2D eigenvalue weighted by Crippen LogP contribution is 2.17. The van der Waals surface area contributed by atoms with E-state index in [1.54, 1.807) is 41.5 Å². The Labute approximate surface area is 147 Å². The molecule has 1 rings (SSSR count). The summed E-state index contributed by atoms with van der Waals surface area (Å²) in [5, 5.41) is 23.8. The molecule has 0 bridgehead atoms. The molecule has 8 nitrogen and oxygen atoms in total. The third-order valence-electron chi connectivity index (χ3n) is 2.61. The Balaban J connectivity index is 2.98. The summed E-state index contributed by atoms with van der Waals surface area (Å²) >= 11 is 0. The molecule has 2 amide bonds. The van der Waals surface area contributed by atoms with E-state index in [4.69, 9.17) is 9.47 Å². The summed E-state index contributed by atoms with van der Waals surface area (Å²) in [6, 6.07) is 4.20. The van der Waals surface area contributed by atoms with Crippen molar-refractivity contribution in [1.82, 2.24) is 0 Å². The molecule has 0 saturated heterocycles. The van der Waals surface area contributed by atoms with Crippen molar-refractivity contribution in [3.05, 3.63) is 18.2 Å². The molecule has 4 N–H and O–H groups in total. The quantitative estimate of drug-likeness (QED) is 0.619. The van der Waals surface area contributed by atoms with E-state index in [-0.39, 0.29) is 11.2 Å². The van der Waals surface area contributed by atoms with E-state index in [1.807, 2.05) is 0 Å². The molecule has 0 aliphatic heterocycles. The van der Waals surface area contributed by atoms with Crippen LogP contribution in [-0.2, 0) is 9.47 Å². The number of hydrogen-bond acceptors (Lipinski definition) is 6. The van der Waals surface area contributed by atoms with Crippen LogP contribution in [0, 0.1) is 0 Å². The van der Waals surface area contributed by atoms with Crippen LogP contribution in [0.15, 0.2) is 18.2 Å². The van der Waals surface area contributed by atoms with E-state index in [0.717, 1.165) is 0 Å². The second kappa shape index (κ2) is 7.75. The summed E-state index contributed by atoms with van der Waals surface area (Å²) < 4.78 is 10.3. The average molecular weight is 352 g/mol. The maximum absolute atomic E-state index is 11.9. The first kappa shape index (κ1) is 20.8. The van der Waals surface area contributed by atoms with Crippen molar-refractivity contribution < 1.29 is 29.1 Å². The van der Waals surface area contributed by atoms with Gasteiger partial charge in [0.1, 0.15) is 11.2 Å². The van der Waals surface area contributed by atoms with Crippen molar-refractivity contribution in [3.8, 4) is 0 Å². The number of anilines is 2. The fraction of sp³-hybridized carbons (Fsp3) is 0.500. The van der Waals surface area contributed by atoms with Crippen LogP contribution in [0.3, 0.4) is 0 Å². The predicted molar refractivity (Wildman–Crippen MR) is 96.0 cm³/mol. The molecule has 0 aliphatic rings. The van der Waals surface area contributed by atoms with Crippen LogP contribution in [-0.4, -0.2) is 40.6 Å². The van der Waals surface area contributed by atoms with Gasteiger partial charge in [-0.2, -0.15) is 0 Å². The topological polar surface area (TPSA) is 117 Å². The number of amides is 2. The summed E-state index contributed by atoms with van der Waals surface area (Å²) in [6.45, 7) is 10.3. The minimum Gasteiger partial charge on any atom is -0.444 e. The summed E-state index contributed by atoms with van der Waals surface area (Å²) in [4.78, 5) is 23.7. The molecule has 1 aromatic rings. The zero-order valence-corrected chi connectivity index (χ0v) is 15.3. The van der Waals surface area contributed by atoms with Crippen molar-refractivity contribution in [2.45, 2.75) is 52.7 Å².